The maximum absolute atomic E-state index is 9.68. The van der Waals surface area contributed by atoms with Crippen LogP contribution in [-0.2, 0) is 6.61 Å². The summed E-state index contributed by atoms with van der Waals surface area (Å²) < 4.78 is 9.10. The molecule has 7 heteroatoms. The van der Waals surface area contributed by atoms with Crippen LogP contribution in [0.2, 0.25) is 0 Å². The summed E-state index contributed by atoms with van der Waals surface area (Å²) in [6, 6.07) is 22.1. The van der Waals surface area contributed by atoms with Crippen molar-refractivity contribution in [1.29, 1.82) is 5.26 Å². The molecule has 0 unspecified atom stereocenters. The number of nitrogens with one attached hydrogen (secondary N) is 1. The van der Waals surface area contributed by atoms with Crippen molar-refractivity contribution >= 4 is 83.8 Å². The van der Waals surface area contributed by atoms with Gasteiger partial charge in [0.05, 0.1) is 23.7 Å². The van der Waals surface area contributed by atoms with Crippen molar-refractivity contribution in [2.45, 2.75) is 6.61 Å². The van der Waals surface area contributed by atoms with Gasteiger partial charge in [0.25, 0.3) is 0 Å². The maximum Gasteiger partial charge on any atom is 0.149 e. The van der Waals surface area contributed by atoms with E-state index in [0.717, 1.165) is 39.5 Å². The third kappa shape index (κ3) is 4.87. The van der Waals surface area contributed by atoms with Crippen LogP contribution in [-0.4, -0.2) is 9.97 Å². The summed E-state index contributed by atoms with van der Waals surface area (Å²) in [5, 5.41) is 9.68. The molecule has 3 aromatic carbocycles. The van der Waals surface area contributed by atoms with Gasteiger partial charge in [-0.25, -0.2) is 4.98 Å². The summed E-state index contributed by atoms with van der Waals surface area (Å²) in [6.07, 6.45) is 1.85. The highest BCUT2D eigenvalue weighted by Crippen LogP contribution is 2.31. The van der Waals surface area contributed by atoms with Gasteiger partial charge in [0.1, 0.15) is 24.3 Å². The summed E-state index contributed by atoms with van der Waals surface area (Å²) in [5.41, 5.74) is 4.27. The molecule has 4 rings (SSSR count). The minimum Gasteiger partial charge on any atom is -0.487 e. The molecular formula is C23H14BrI2N3O. The first-order valence-corrected chi connectivity index (χ1v) is 11.9. The van der Waals surface area contributed by atoms with Crippen molar-refractivity contribution < 1.29 is 4.74 Å². The molecule has 0 aliphatic rings. The summed E-state index contributed by atoms with van der Waals surface area (Å²) >= 11 is 7.99. The van der Waals surface area contributed by atoms with E-state index in [-0.39, 0.29) is 0 Å². The average Bonchev–Trinajstić information content (AvgIpc) is 3.16. The number of hydrogen-bond donors (Lipinski definition) is 1. The number of aromatic nitrogens is 2. The molecule has 0 amide bonds. The number of halogens is 3. The van der Waals surface area contributed by atoms with Gasteiger partial charge in [-0.1, -0.05) is 40.2 Å². The minimum atomic E-state index is 0.487. The Morgan fingerprint density at radius 1 is 1.10 bits per heavy atom. The third-order valence-corrected chi connectivity index (χ3v) is 6.52. The number of aromatic amines is 1. The number of hydrogen-bond acceptors (Lipinski definition) is 3. The lowest BCUT2D eigenvalue weighted by Gasteiger charge is -2.12. The number of benzene rings is 3. The van der Waals surface area contributed by atoms with Crippen LogP contribution >= 0.6 is 61.1 Å². The molecule has 0 atom stereocenters. The van der Waals surface area contributed by atoms with Crippen LogP contribution in [0.15, 0.2) is 65.1 Å². The fraction of sp³-hybridized carbons (Fsp3) is 0.0435. The molecule has 1 heterocycles. The highest BCUT2D eigenvalue weighted by molar-refractivity contribution is 14.1. The lowest BCUT2D eigenvalue weighted by molar-refractivity contribution is 0.301. The molecule has 1 N–H and O–H groups in total. The lowest BCUT2D eigenvalue weighted by Crippen LogP contribution is -1.99. The number of H-pyrrole nitrogens is 1. The molecular weight excluding hydrogens is 668 g/mol. The van der Waals surface area contributed by atoms with Gasteiger partial charge in [-0.3, -0.25) is 0 Å². The molecule has 0 aliphatic heterocycles. The second kappa shape index (κ2) is 9.49. The number of allylic oxidation sites excluding steroid dienone is 1. The second-order valence-corrected chi connectivity index (χ2v) is 9.74. The Kier molecular flexibility index (Phi) is 6.75. The number of imidazole rings is 1. The van der Waals surface area contributed by atoms with Crippen molar-refractivity contribution in [3.63, 3.8) is 0 Å². The number of ether oxygens (including phenoxy) is 1. The van der Waals surface area contributed by atoms with Crippen LogP contribution in [0, 0.1) is 18.5 Å². The van der Waals surface area contributed by atoms with Crippen LogP contribution in [0.3, 0.4) is 0 Å². The molecule has 0 bridgehead atoms. The zero-order chi connectivity index (χ0) is 21.1. The standard InChI is InChI=1S/C23H14BrI2N3O/c24-17-7-5-14(6-8-17)13-30-22-18(25)10-15(11-19(22)26)9-16(12-27)23-28-20-3-1-2-4-21(20)29-23/h1-11H,13H2,(H,28,29)/b16-9-. The summed E-state index contributed by atoms with van der Waals surface area (Å²) in [7, 11) is 0. The molecule has 0 saturated heterocycles. The van der Waals surface area contributed by atoms with E-state index in [1.54, 1.807) is 0 Å². The van der Waals surface area contributed by atoms with Gasteiger partial charge in [-0.2, -0.15) is 5.26 Å². The van der Waals surface area contributed by atoms with Gasteiger partial charge >= 0.3 is 0 Å². The van der Waals surface area contributed by atoms with E-state index < -0.39 is 0 Å². The third-order valence-electron chi connectivity index (χ3n) is 4.39. The van der Waals surface area contributed by atoms with Gasteiger partial charge in [0.2, 0.25) is 0 Å². The number of fused-ring (bicyclic) bond motifs is 1. The smallest absolute Gasteiger partial charge is 0.149 e. The average molecular weight is 682 g/mol. The molecule has 1 aromatic heterocycles. The fourth-order valence-electron chi connectivity index (χ4n) is 2.94. The number of rotatable bonds is 5. The molecule has 4 nitrogen and oxygen atoms in total. The number of nitrogens with zero attached hydrogens (tertiary/aromatic N) is 2. The molecule has 0 spiro atoms. The quantitative estimate of drug-likeness (QED) is 0.179. The van der Waals surface area contributed by atoms with Crippen LogP contribution in [0.5, 0.6) is 5.75 Å². The van der Waals surface area contributed by atoms with Gasteiger partial charge in [0, 0.05) is 4.47 Å². The highest BCUT2D eigenvalue weighted by atomic mass is 127. The van der Waals surface area contributed by atoms with Crippen molar-refractivity contribution in [2.75, 3.05) is 0 Å². The second-order valence-electron chi connectivity index (χ2n) is 6.50. The Bertz CT molecular complexity index is 1230. The van der Waals surface area contributed by atoms with Crippen LogP contribution in [0.25, 0.3) is 22.7 Å². The Morgan fingerprint density at radius 3 is 2.47 bits per heavy atom. The summed E-state index contributed by atoms with van der Waals surface area (Å²) in [4.78, 5) is 7.75. The van der Waals surface area contributed by atoms with Crippen LogP contribution < -0.4 is 4.74 Å². The first kappa shape index (κ1) is 21.3. The molecule has 0 fully saturated rings. The van der Waals surface area contributed by atoms with E-state index in [0.29, 0.717) is 18.0 Å². The monoisotopic (exact) mass is 681 g/mol. The van der Waals surface area contributed by atoms with E-state index >= 15 is 0 Å². The van der Waals surface area contributed by atoms with Crippen molar-refractivity contribution in [3.8, 4) is 11.8 Å². The Morgan fingerprint density at radius 2 is 1.80 bits per heavy atom. The number of para-hydroxylation sites is 2. The molecule has 30 heavy (non-hydrogen) atoms. The van der Waals surface area contributed by atoms with E-state index in [1.807, 2.05) is 66.7 Å². The van der Waals surface area contributed by atoms with Crippen LogP contribution in [0.4, 0.5) is 0 Å². The Labute approximate surface area is 209 Å². The minimum absolute atomic E-state index is 0.487. The maximum atomic E-state index is 9.68. The topological polar surface area (TPSA) is 61.7 Å². The predicted octanol–water partition coefficient (Wildman–Crippen LogP) is 7.18. The van der Waals surface area contributed by atoms with Gasteiger partial charge < -0.3 is 9.72 Å². The van der Waals surface area contributed by atoms with Gasteiger partial charge in [0.15, 0.2) is 0 Å². The largest absolute Gasteiger partial charge is 0.487 e. The molecule has 0 aliphatic carbocycles. The normalized spacial score (nSPS) is 11.5. The molecule has 0 saturated carbocycles. The summed E-state index contributed by atoms with van der Waals surface area (Å²) in [5.74, 6) is 1.41. The Balaban J connectivity index is 1.59. The predicted molar refractivity (Wildman–Crippen MR) is 140 cm³/mol. The van der Waals surface area contributed by atoms with E-state index in [9.17, 15) is 5.26 Å². The van der Waals surface area contributed by atoms with Crippen molar-refractivity contribution in [3.05, 3.63) is 89.2 Å². The zero-order valence-corrected chi connectivity index (χ0v) is 21.4. The first-order valence-electron chi connectivity index (χ1n) is 8.96. The molecule has 4 aromatic rings. The van der Waals surface area contributed by atoms with E-state index in [2.05, 4.69) is 77.1 Å². The zero-order valence-electron chi connectivity index (χ0n) is 15.5. The van der Waals surface area contributed by atoms with E-state index in [4.69, 9.17) is 4.74 Å². The van der Waals surface area contributed by atoms with Gasteiger partial charge in [-0.05, 0) is 98.8 Å². The Hall–Kier alpha value is -1.90. The lowest BCUT2D eigenvalue weighted by atomic mass is 10.1. The highest BCUT2D eigenvalue weighted by Gasteiger charge is 2.12. The van der Waals surface area contributed by atoms with Crippen LogP contribution in [0.1, 0.15) is 17.0 Å². The van der Waals surface area contributed by atoms with Gasteiger partial charge in [-0.15, -0.1) is 0 Å². The van der Waals surface area contributed by atoms with Crippen molar-refractivity contribution in [1.82, 2.24) is 9.97 Å². The molecule has 148 valence electrons. The van der Waals surface area contributed by atoms with E-state index in [1.165, 1.54) is 0 Å². The first-order chi connectivity index (χ1) is 14.5. The SMILES string of the molecule is N#C/C(=C/c1cc(I)c(OCc2ccc(Br)cc2)c(I)c1)c1nc2ccccc2[nH]1. The fourth-order valence-corrected chi connectivity index (χ4v) is 5.33. The summed E-state index contributed by atoms with van der Waals surface area (Å²) in [6.45, 7) is 0.497. The van der Waals surface area contributed by atoms with Crippen molar-refractivity contribution in [2.24, 2.45) is 0 Å². The number of nitriles is 1. The molecule has 0 radical (unpaired) electrons.